The second kappa shape index (κ2) is 16.9. The third kappa shape index (κ3) is 9.02. The number of thiazole rings is 1. The third-order valence-electron chi connectivity index (χ3n) is 12.3. The molecule has 0 radical (unpaired) electrons. The Labute approximate surface area is 353 Å². The molecule has 1 saturated carbocycles. The molecule has 18 heteroatoms. The van der Waals surface area contributed by atoms with Crippen molar-refractivity contribution >= 4 is 62.5 Å². The van der Waals surface area contributed by atoms with Crippen molar-refractivity contribution in [3.05, 3.63) is 75.8 Å². The van der Waals surface area contributed by atoms with Crippen LogP contribution in [0, 0.1) is 11.8 Å². The Morgan fingerprint density at radius 1 is 0.934 bits per heavy atom. The first-order valence-corrected chi connectivity index (χ1v) is 21.5. The number of amides is 5. The van der Waals surface area contributed by atoms with Crippen LogP contribution in [0.5, 0.6) is 0 Å². The largest absolute Gasteiger partial charge is 0.451 e. The van der Waals surface area contributed by atoms with E-state index in [2.05, 4.69) is 30.8 Å². The van der Waals surface area contributed by atoms with E-state index in [1.54, 1.807) is 44.2 Å². The number of hydrogen-bond donors (Lipinski definition) is 4. The number of benzene rings is 2. The highest BCUT2D eigenvalue weighted by Gasteiger charge is 2.45. The van der Waals surface area contributed by atoms with Crippen molar-refractivity contribution in [2.75, 3.05) is 36.8 Å². The summed E-state index contributed by atoms with van der Waals surface area (Å²) in [5, 5.41) is 20.2. The quantitative estimate of drug-likeness (QED) is 0.121. The van der Waals surface area contributed by atoms with Crippen molar-refractivity contribution in [2.45, 2.75) is 95.4 Å². The van der Waals surface area contributed by atoms with E-state index < -0.39 is 58.9 Å². The van der Waals surface area contributed by atoms with Gasteiger partial charge in [0.25, 0.3) is 17.7 Å². The number of imide groups is 2. The summed E-state index contributed by atoms with van der Waals surface area (Å²) in [4.78, 5) is 78.9. The monoisotopic (exact) mass is 860 g/mol. The molecule has 5 heterocycles. The van der Waals surface area contributed by atoms with Crippen molar-refractivity contribution in [1.29, 1.82) is 0 Å². The van der Waals surface area contributed by atoms with Gasteiger partial charge in [0.1, 0.15) is 11.7 Å². The van der Waals surface area contributed by atoms with E-state index in [0.29, 0.717) is 35.1 Å². The van der Waals surface area contributed by atoms with Gasteiger partial charge in [-0.15, -0.1) is 11.3 Å². The summed E-state index contributed by atoms with van der Waals surface area (Å²) in [6, 6.07) is 8.65. The summed E-state index contributed by atoms with van der Waals surface area (Å²) in [7, 11) is 0. The second-order valence-corrected chi connectivity index (χ2v) is 18.1. The average molecular weight is 861 g/mol. The van der Waals surface area contributed by atoms with E-state index in [4.69, 9.17) is 4.98 Å². The molecule has 4 N–H and O–H groups in total. The highest BCUT2D eigenvalue weighted by molar-refractivity contribution is 7.18. The predicted octanol–water partition coefficient (Wildman–Crippen LogP) is 6.47. The fourth-order valence-corrected chi connectivity index (χ4v) is 10.2. The van der Waals surface area contributed by atoms with E-state index in [-0.39, 0.29) is 35.6 Å². The zero-order chi connectivity index (χ0) is 43.2. The number of aromatic nitrogens is 3. The summed E-state index contributed by atoms with van der Waals surface area (Å²) >= 11 is 1.53. The Morgan fingerprint density at radius 3 is 2.39 bits per heavy atom. The molecule has 1 atom stereocenters. The number of likely N-dealkylation sites (tertiary alicyclic amines) is 1. The fraction of sp³-hybridized carbons (Fsp3) is 0.488. The number of anilines is 2. The van der Waals surface area contributed by atoms with Crippen molar-refractivity contribution in [3.8, 4) is 0 Å². The Kier molecular flexibility index (Phi) is 11.7. The lowest BCUT2D eigenvalue weighted by molar-refractivity contribution is -0.145. The molecule has 0 spiro atoms. The summed E-state index contributed by atoms with van der Waals surface area (Å²) < 4.78 is 40.4. The maximum Gasteiger partial charge on any atom is 0.451 e. The van der Waals surface area contributed by atoms with Gasteiger partial charge in [-0.1, -0.05) is 6.07 Å². The van der Waals surface area contributed by atoms with Crippen molar-refractivity contribution in [1.82, 2.24) is 30.1 Å². The predicted molar refractivity (Wildman–Crippen MR) is 220 cm³/mol. The van der Waals surface area contributed by atoms with Crippen LogP contribution in [-0.4, -0.2) is 91.6 Å². The smallest absolute Gasteiger partial charge is 0.386 e. The van der Waals surface area contributed by atoms with Crippen LogP contribution in [0.25, 0.3) is 10.2 Å². The molecule has 1 aliphatic carbocycles. The first-order chi connectivity index (χ1) is 29.0. The van der Waals surface area contributed by atoms with E-state index in [1.807, 2.05) is 0 Å². The Hall–Kier alpha value is -5.33. The summed E-state index contributed by atoms with van der Waals surface area (Å²) in [5.74, 6) is -2.97. The molecule has 4 aliphatic rings. The van der Waals surface area contributed by atoms with E-state index in [9.17, 15) is 42.3 Å². The normalized spacial score (nSPS) is 21.8. The minimum absolute atomic E-state index is 0.0698. The van der Waals surface area contributed by atoms with Gasteiger partial charge >= 0.3 is 6.18 Å². The highest BCUT2D eigenvalue weighted by atomic mass is 32.1. The van der Waals surface area contributed by atoms with Crippen molar-refractivity contribution < 1.29 is 42.3 Å². The van der Waals surface area contributed by atoms with Gasteiger partial charge in [-0.3, -0.25) is 34.2 Å². The Balaban J connectivity index is 0.811. The van der Waals surface area contributed by atoms with Gasteiger partial charge in [-0.25, -0.2) is 15.0 Å². The topological polar surface area (TPSA) is 187 Å². The van der Waals surface area contributed by atoms with Crippen molar-refractivity contribution in [2.24, 2.45) is 11.8 Å². The van der Waals surface area contributed by atoms with Gasteiger partial charge in [0.15, 0.2) is 0 Å². The maximum atomic E-state index is 13.4. The zero-order valence-electron chi connectivity index (χ0n) is 33.8. The second-order valence-electron chi connectivity index (χ2n) is 17.0. The number of nitrogens with zero attached hydrogens (tertiary/aromatic N) is 5. The molecule has 3 aliphatic heterocycles. The molecular weight excluding hydrogens is 814 g/mol. The standard InChI is InChI=1S/C43H47F3N8O6S/c1-42(2,60)27-20-31-33(21-30(27)49-36(56)29-13-17-48-41(51-29)43(44,45)46)61-38(50-31)25-8-6-24(7-9-25)22-53-18-14-23(15-19-53)12-16-47-28-5-3-4-26-35(28)40(59)54(39(26)58)32-10-11-34(55)52-37(32)57/h3-5,13,17,20-21,23-25,32,47,60H,6-12,14-16,18-19,22H2,1-2H3,(H,49,56)(H,52,55,57)/t24-,25-,32?. The van der Waals surface area contributed by atoms with Gasteiger partial charge in [0, 0.05) is 48.6 Å². The molecule has 5 amide bonds. The fourth-order valence-electron chi connectivity index (χ4n) is 9.07. The van der Waals surface area contributed by atoms with Crippen LogP contribution in [0.15, 0.2) is 42.6 Å². The molecule has 61 heavy (non-hydrogen) atoms. The number of alkyl halides is 3. The number of fused-ring (bicyclic) bond motifs is 2. The number of aliphatic hydroxyl groups is 1. The first kappa shape index (κ1) is 42.4. The number of halogens is 3. The number of nitrogens with one attached hydrogen (secondary N) is 3. The molecule has 4 aromatic rings. The number of rotatable bonds is 11. The van der Waals surface area contributed by atoms with Gasteiger partial charge in [-0.2, -0.15) is 13.2 Å². The molecule has 14 nitrogen and oxygen atoms in total. The lowest BCUT2D eigenvalue weighted by Crippen LogP contribution is -2.54. The molecule has 1 unspecified atom stereocenters. The van der Waals surface area contributed by atoms with Gasteiger partial charge in [0.05, 0.1) is 32.0 Å². The van der Waals surface area contributed by atoms with E-state index in [0.717, 1.165) is 91.5 Å². The van der Waals surface area contributed by atoms with Crippen LogP contribution in [0.2, 0.25) is 0 Å². The van der Waals surface area contributed by atoms with Crippen LogP contribution in [0.1, 0.15) is 125 Å². The summed E-state index contributed by atoms with van der Waals surface area (Å²) in [6.07, 6.45) is 3.45. The molecule has 0 bridgehead atoms. The summed E-state index contributed by atoms with van der Waals surface area (Å²) in [5.41, 5.74) is 0.614. The lowest BCUT2D eigenvalue weighted by Gasteiger charge is -2.36. The van der Waals surface area contributed by atoms with Crippen LogP contribution < -0.4 is 16.0 Å². The molecule has 2 saturated heterocycles. The molecule has 2 aromatic carbocycles. The molecule has 8 rings (SSSR count). The third-order valence-corrected chi connectivity index (χ3v) is 13.5. The van der Waals surface area contributed by atoms with Crippen LogP contribution in [0.3, 0.4) is 0 Å². The number of piperidine rings is 2. The Morgan fingerprint density at radius 2 is 1.69 bits per heavy atom. The molecule has 3 fully saturated rings. The van der Waals surface area contributed by atoms with Gasteiger partial charge < -0.3 is 20.6 Å². The van der Waals surface area contributed by atoms with Gasteiger partial charge in [-0.05, 0) is 120 Å². The molecular formula is C43H47F3N8O6S. The number of carbonyl (C=O) groups excluding carboxylic acids is 5. The Bertz CT molecular complexity index is 2380. The minimum atomic E-state index is -4.81. The zero-order valence-corrected chi connectivity index (χ0v) is 34.6. The van der Waals surface area contributed by atoms with E-state index >= 15 is 0 Å². The van der Waals surface area contributed by atoms with Crippen LogP contribution in [0.4, 0.5) is 24.5 Å². The minimum Gasteiger partial charge on any atom is -0.386 e. The van der Waals surface area contributed by atoms with Crippen LogP contribution in [-0.2, 0) is 21.4 Å². The van der Waals surface area contributed by atoms with Gasteiger partial charge in [0.2, 0.25) is 17.6 Å². The SMILES string of the molecule is CC(C)(O)c1cc2nc([C@H]3CC[C@H](CN4CCC(CCNc5cccc6c5C(=O)N(C5CCC(=O)NC5=O)C6=O)CC4)CC3)sc2cc1NC(=O)c1ccnc(C(F)(F)F)n1. The van der Waals surface area contributed by atoms with E-state index in [1.165, 1.54) is 11.3 Å². The summed E-state index contributed by atoms with van der Waals surface area (Å²) in [6.45, 7) is 6.85. The lowest BCUT2D eigenvalue weighted by atomic mass is 9.81. The molecule has 322 valence electrons. The average Bonchev–Trinajstić information content (AvgIpc) is 3.75. The highest BCUT2D eigenvalue weighted by Crippen LogP contribution is 2.42. The first-order valence-electron chi connectivity index (χ1n) is 20.7. The maximum absolute atomic E-state index is 13.4. The number of hydrogen-bond acceptors (Lipinski definition) is 12. The van der Waals surface area contributed by atoms with Crippen LogP contribution >= 0.6 is 11.3 Å². The number of carbonyl (C=O) groups is 5. The molecule has 2 aromatic heterocycles. The van der Waals surface area contributed by atoms with Crippen molar-refractivity contribution in [3.63, 3.8) is 0 Å².